The van der Waals surface area contributed by atoms with E-state index in [1.165, 1.54) is 0 Å². The maximum atomic E-state index is 12.0. The Morgan fingerprint density at radius 3 is 2.00 bits per heavy atom. The number of nitrogens with zero attached hydrogens (tertiary/aromatic N) is 1. The molecule has 0 aliphatic heterocycles. The molecule has 3 N–H and O–H groups in total. The first kappa shape index (κ1) is 24.8. The zero-order chi connectivity index (χ0) is 20.2. The molecule has 0 aliphatic rings. The Kier molecular flexibility index (Phi) is 12.5. The van der Waals surface area contributed by atoms with Gasteiger partial charge in [-0.05, 0) is 19.3 Å². The fourth-order valence-electron chi connectivity index (χ4n) is 2.89. The molecular formula is C19H38NO6+. The molecule has 0 fully saturated rings. The largest absolute Gasteiger partial charge is 0.481 e. The number of carboxylic acid groups (broad SMARTS) is 1. The van der Waals surface area contributed by atoms with Crippen molar-refractivity contribution in [2.75, 3.05) is 27.7 Å². The van der Waals surface area contributed by atoms with Crippen molar-refractivity contribution in [3.8, 4) is 0 Å². The van der Waals surface area contributed by atoms with Gasteiger partial charge in [-0.1, -0.05) is 32.6 Å². The summed E-state index contributed by atoms with van der Waals surface area (Å²) in [6, 6.07) is 0. The lowest BCUT2D eigenvalue weighted by Crippen LogP contribution is -2.44. The highest BCUT2D eigenvalue weighted by atomic mass is 16.5. The number of aliphatic carboxylic acids is 1. The predicted octanol–water partition coefficient (Wildman–Crippen LogP) is 1.94. The molecule has 0 amide bonds. The molecule has 0 radical (unpaired) electrons. The number of carbonyl (C=O) groups is 2. The van der Waals surface area contributed by atoms with Gasteiger partial charge in [0.05, 0.1) is 46.2 Å². The van der Waals surface area contributed by atoms with Crippen LogP contribution >= 0.6 is 0 Å². The number of aliphatic hydroxyl groups is 2. The van der Waals surface area contributed by atoms with Crippen LogP contribution in [0.1, 0.15) is 64.7 Å². The van der Waals surface area contributed by atoms with E-state index in [2.05, 4.69) is 0 Å². The minimum Gasteiger partial charge on any atom is -0.481 e. The third kappa shape index (κ3) is 15.1. The second-order valence-electron chi connectivity index (χ2n) is 8.12. The van der Waals surface area contributed by atoms with Crippen LogP contribution in [-0.4, -0.2) is 77.7 Å². The molecule has 0 spiro atoms. The smallest absolute Gasteiger partial charge is 0.308 e. The van der Waals surface area contributed by atoms with E-state index in [4.69, 9.17) is 9.84 Å². The zero-order valence-corrected chi connectivity index (χ0v) is 16.8. The Hall–Kier alpha value is -1.18. The van der Waals surface area contributed by atoms with E-state index >= 15 is 0 Å². The molecule has 3 unspecified atom stereocenters. The Morgan fingerprint density at radius 1 is 0.923 bits per heavy atom. The van der Waals surface area contributed by atoms with E-state index in [0.29, 0.717) is 17.4 Å². The topological polar surface area (TPSA) is 104 Å². The molecular weight excluding hydrogens is 338 g/mol. The summed E-state index contributed by atoms with van der Waals surface area (Å²) in [5.74, 6) is -1.57. The summed E-state index contributed by atoms with van der Waals surface area (Å²) in [5.41, 5.74) is 0. The number of unbranched alkanes of at least 4 members (excludes halogenated alkanes) is 2. The molecule has 0 aromatic heterocycles. The van der Waals surface area contributed by atoms with Crippen molar-refractivity contribution in [1.29, 1.82) is 0 Å². The minimum atomic E-state index is -1.01. The lowest BCUT2D eigenvalue weighted by molar-refractivity contribution is -0.873. The first-order chi connectivity index (χ1) is 12.0. The maximum Gasteiger partial charge on any atom is 0.308 e. The summed E-state index contributed by atoms with van der Waals surface area (Å²) in [6.07, 6.45) is 3.56. The van der Waals surface area contributed by atoms with Gasteiger partial charge in [0.25, 0.3) is 0 Å². The molecule has 0 aliphatic carbocycles. The Labute approximate surface area is 157 Å². The molecule has 0 rings (SSSR count). The van der Waals surface area contributed by atoms with Crippen LogP contribution in [0.15, 0.2) is 0 Å². The van der Waals surface area contributed by atoms with E-state index in [-0.39, 0.29) is 18.9 Å². The van der Waals surface area contributed by atoms with Crippen molar-refractivity contribution < 1.29 is 34.1 Å². The fraction of sp³-hybridized carbons (Fsp3) is 0.895. The van der Waals surface area contributed by atoms with Gasteiger partial charge in [0, 0.05) is 0 Å². The SMILES string of the molecule is CCCC(O)CCCCCC(O)CC(=O)OC(CC(=O)O)C[N+](C)(C)C. The monoisotopic (exact) mass is 376 g/mol. The molecule has 0 saturated heterocycles. The van der Waals surface area contributed by atoms with Crippen LogP contribution in [0.4, 0.5) is 0 Å². The van der Waals surface area contributed by atoms with Crippen molar-refractivity contribution in [3.05, 3.63) is 0 Å². The van der Waals surface area contributed by atoms with Crippen LogP contribution in [0, 0.1) is 0 Å². The number of carbonyl (C=O) groups excluding carboxylic acids is 1. The van der Waals surface area contributed by atoms with Gasteiger partial charge in [-0.15, -0.1) is 0 Å². The van der Waals surface area contributed by atoms with Crippen molar-refractivity contribution >= 4 is 11.9 Å². The highest BCUT2D eigenvalue weighted by molar-refractivity contribution is 5.71. The third-order valence-corrected chi connectivity index (χ3v) is 4.05. The highest BCUT2D eigenvalue weighted by Crippen LogP contribution is 2.13. The average molecular weight is 377 g/mol. The van der Waals surface area contributed by atoms with E-state index in [9.17, 15) is 19.8 Å². The molecule has 7 nitrogen and oxygen atoms in total. The Morgan fingerprint density at radius 2 is 1.50 bits per heavy atom. The number of aliphatic hydroxyl groups excluding tert-OH is 2. The van der Waals surface area contributed by atoms with Crippen LogP contribution < -0.4 is 0 Å². The molecule has 3 atom stereocenters. The van der Waals surface area contributed by atoms with Gasteiger partial charge >= 0.3 is 11.9 Å². The van der Waals surface area contributed by atoms with Gasteiger partial charge in [0.2, 0.25) is 0 Å². The number of ether oxygens (including phenoxy) is 1. The summed E-state index contributed by atoms with van der Waals surface area (Å²) in [5, 5.41) is 28.6. The number of rotatable bonds is 15. The highest BCUT2D eigenvalue weighted by Gasteiger charge is 2.25. The lowest BCUT2D eigenvalue weighted by atomic mass is 10.0. The minimum absolute atomic E-state index is 0.119. The number of quaternary nitrogens is 1. The normalized spacial score (nSPS) is 15.3. The number of hydrogen-bond acceptors (Lipinski definition) is 5. The fourth-order valence-corrected chi connectivity index (χ4v) is 2.89. The number of carboxylic acids is 1. The Balaban J connectivity index is 4.09. The van der Waals surface area contributed by atoms with Crippen LogP contribution in [0.3, 0.4) is 0 Å². The average Bonchev–Trinajstić information content (AvgIpc) is 2.44. The van der Waals surface area contributed by atoms with Gasteiger partial charge in [-0.3, -0.25) is 9.59 Å². The first-order valence-electron chi connectivity index (χ1n) is 9.61. The van der Waals surface area contributed by atoms with Crippen LogP contribution in [-0.2, 0) is 14.3 Å². The molecule has 0 bridgehead atoms. The number of hydrogen-bond donors (Lipinski definition) is 3. The van der Waals surface area contributed by atoms with E-state index in [1.807, 2.05) is 28.1 Å². The maximum absolute atomic E-state index is 12.0. The summed E-state index contributed by atoms with van der Waals surface area (Å²) in [4.78, 5) is 22.9. The molecule has 26 heavy (non-hydrogen) atoms. The summed E-state index contributed by atoms with van der Waals surface area (Å²) >= 11 is 0. The molecule has 0 saturated carbocycles. The van der Waals surface area contributed by atoms with Crippen LogP contribution in [0.5, 0.6) is 0 Å². The van der Waals surface area contributed by atoms with Crippen LogP contribution in [0.25, 0.3) is 0 Å². The van der Waals surface area contributed by atoms with E-state index in [0.717, 1.165) is 38.5 Å². The Bertz CT molecular complexity index is 407. The quantitative estimate of drug-likeness (QED) is 0.229. The van der Waals surface area contributed by atoms with E-state index < -0.39 is 24.1 Å². The predicted molar refractivity (Wildman–Crippen MR) is 99.7 cm³/mol. The van der Waals surface area contributed by atoms with Crippen molar-refractivity contribution in [2.24, 2.45) is 0 Å². The van der Waals surface area contributed by atoms with E-state index in [1.54, 1.807) is 0 Å². The van der Waals surface area contributed by atoms with Gasteiger partial charge in [-0.2, -0.15) is 0 Å². The standard InChI is InChI=1S/C19H37NO6/c1-5-9-15(21)10-7-6-8-11-16(22)12-19(25)26-17(13-18(23)24)14-20(2,3)4/h15-17,21-22H,5-14H2,1-4H3/p+1. The molecule has 0 aromatic carbocycles. The molecule has 0 heterocycles. The van der Waals surface area contributed by atoms with Gasteiger partial charge in [0.15, 0.2) is 6.10 Å². The number of esters is 1. The van der Waals surface area contributed by atoms with Gasteiger partial charge < -0.3 is 24.5 Å². The summed E-state index contributed by atoms with van der Waals surface area (Å²) in [7, 11) is 5.69. The van der Waals surface area contributed by atoms with Crippen molar-refractivity contribution in [2.45, 2.75) is 83.0 Å². The first-order valence-corrected chi connectivity index (χ1v) is 9.61. The van der Waals surface area contributed by atoms with Crippen LogP contribution in [0.2, 0.25) is 0 Å². The van der Waals surface area contributed by atoms with Crippen molar-refractivity contribution in [1.82, 2.24) is 0 Å². The zero-order valence-electron chi connectivity index (χ0n) is 16.8. The van der Waals surface area contributed by atoms with Crippen molar-refractivity contribution in [3.63, 3.8) is 0 Å². The lowest BCUT2D eigenvalue weighted by Gasteiger charge is -2.28. The summed E-state index contributed by atoms with van der Waals surface area (Å²) in [6.45, 7) is 2.44. The molecule has 7 heteroatoms. The van der Waals surface area contributed by atoms with Gasteiger partial charge in [0.1, 0.15) is 6.54 Å². The second-order valence-corrected chi connectivity index (χ2v) is 8.12. The molecule has 0 aromatic rings. The summed E-state index contributed by atoms with van der Waals surface area (Å²) < 4.78 is 5.75. The number of likely N-dealkylation sites (N-methyl/N-ethyl adjacent to an activating group) is 1. The second kappa shape index (κ2) is 13.1. The third-order valence-electron chi connectivity index (χ3n) is 4.05. The van der Waals surface area contributed by atoms with Gasteiger partial charge in [-0.25, -0.2) is 0 Å². The molecule has 154 valence electrons.